The summed E-state index contributed by atoms with van der Waals surface area (Å²) in [4.78, 5) is 0. The number of hydrogen-bond donors (Lipinski definition) is 0. The van der Waals surface area contributed by atoms with Crippen LogP contribution in [0.3, 0.4) is 0 Å². The van der Waals surface area contributed by atoms with Crippen molar-refractivity contribution in [2.75, 3.05) is 33.8 Å². The Bertz CT molecular complexity index is 531. The van der Waals surface area contributed by atoms with Gasteiger partial charge in [-0.3, -0.25) is 0 Å². The van der Waals surface area contributed by atoms with E-state index >= 15 is 0 Å². The van der Waals surface area contributed by atoms with Crippen molar-refractivity contribution in [3.05, 3.63) is 35.9 Å². The minimum absolute atomic E-state index is 0.0236. The second-order valence-corrected chi connectivity index (χ2v) is 7.66. The van der Waals surface area contributed by atoms with E-state index in [9.17, 15) is 8.42 Å². The number of benzene rings is 1. The minimum atomic E-state index is -3.30. The van der Waals surface area contributed by atoms with E-state index in [1.165, 1.54) is 14.2 Å². The first-order valence-electron chi connectivity index (χ1n) is 7.33. The molecule has 0 aliphatic carbocycles. The van der Waals surface area contributed by atoms with Crippen molar-refractivity contribution in [1.82, 2.24) is 8.61 Å². The van der Waals surface area contributed by atoms with E-state index in [2.05, 4.69) is 12.1 Å². The van der Waals surface area contributed by atoms with E-state index in [0.29, 0.717) is 19.7 Å². The predicted molar refractivity (Wildman–Crippen MR) is 83.3 cm³/mol. The van der Waals surface area contributed by atoms with Crippen LogP contribution in [0.1, 0.15) is 18.4 Å². The Labute approximate surface area is 127 Å². The van der Waals surface area contributed by atoms with Crippen LogP contribution < -0.4 is 0 Å². The van der Waals surface area contributed by atoms with Crippen LogP contribution in [0.2, 0.25) is 0 Å². The molecule has 1 aromatic carbocycles. The van der Waals surface area contributed by atoms with Crippen molar-refractivity contribution >= 4 is 10.2 Å². The summed E-state index contributed by atoms with van der Waals surface area (Å²) in [6.07, 6.45) is 2.75. The van der Waals surface area contributed by atoms with Crippen LogP contribution >= 0.6 is 0 Å². The average Bonchev–Trinajstić information content (AvgIpc) is 2.94. The Morgan fingerprint density at radius 3 is 2.67 bits per heavy atom. The van der Waals surface area contributed by atoms with Gasteiger partial charge in [0.15, 0.2) is 0 Å². The van der Waals surface area contributed by atoms with Crippen molar-refractivity contribution < 1.29 is 13.2 Å². The van der Waals surface area contributed by atoms with Crippen LogP contribution in [0.4, 0.5) is 0 Å². The third-order valence-corrected chi connectivity index (χ3v) is 5.61. The molecule has 0 saturated carbocycles. The van der Waals surface area contributed by atoms with Crippen LogP contribution in [0.5, 0.6) is 0 Å². The van der Waals surface area contributed by atoms with Gasteiger partial charge in [0.05, 0.1) is 6.10 Å². The van der Waals surface area contributed by atoms with Gasteiger partial charge in [0.25, 0.3) is 10.2 Å². The molecule has 1 heterocycles. The van der Waals surface area contributed by atoms with Crippen LogP contribution in [0.15, 0.2) is 30.3 Å². The first-order chi connectivity index (χ1) is 10.00. The molecule has 5 nitrogen and oxygen atoms in total. The Kier molecular flexibility index (Phi) is 5.75. The number of nitrogens with zero attached hydrogens (tertiary/aromatic N) is 2. The van der Waals surface area contributed by atoms with Gasteiger partial charge in [-0.2, -0.15) is 17.0 Å². The molecule has 0 aromatic heterocycles. The van der Waals surface area contributed by atoms with Crippen LogP contribution in [-0.4, -0.2) is 56.9 Å². The summed E-state index contributed by atoms with van der Waals surface area (Å²) in [5.41, 5.74) is 1.31. The highest BCUT2D eigenvalue weighted by molar-refractivity contribution is 7.86. The van der Waals surface area contributed by atoms with Gasteiger partial charge in [-0.1, -0.05) is 30.3 Å². The van der Waals surface area contributed by atoms with E-state index in [1.807, 2.05) is 18.2 Å². The van der Waals surface area contributed by atoms with Crippen LogP contribution in [-0.2, 0) is 21.4 Å². The molecular weight excluding hydrogens is 288 g/mol. The van der Waals surface area contributed by atoms with Gasteiger partial charge in [0.2, 0.25) is 0 Å². The van der Waals surface area contributed by atoms with Gasteiger partial charge in [-0.05, 0) is 24.8 Å². The summed E-state index contributed by atoms with van der Waals surface area (Å²) < 4.78 is 32.5. The molecule has 1 aliphatic rings. The molecule has 6 heteroatoms. The van der Waals surface area contributed by atoms with Gasteiger partial charge in [-0.15, -0.1) is 0 Å². The highest BCUT2D eigenvalue weighted by Crippen LogP contribution is 2.18. The lowest BCUT2D eigenvalue weighted by atomic mass is 10.1. The molecule has 21 heavy (non-hydrogen) atoms. The van der Waals surface area contributed by atoms with Crippen molar-refractivity contribution in [1.29, 1.82) is 0 Å². The molecule has 1 fully saturated rings. The molecule has 0 amide bonds. The van der Waals surface area contributed by atoms with Crippen molar-refractivity contribution in [3.8, 4) is 0 Å². The molecule has 0 bridgehead atoms. The normalized spacial score (nSPS) is 20.2. The van der Waals surface area contributed by atoms with Crippen molar-refractivity contribution in [2.45, 2.75) is 25.4 Å². The molecule has 0 spiro atoms. The molecule has 1 aromatic rings. The Morgan fingerprint density at radius 2 is 2.00 bits per heavy atom. The lowest BCUT2D eigenvalue weighted by Crippen LogP contribution is -2.39. The Morgan fingerprint density at radius 1 is 1.29 bits per heavy atom. The summed E-state index contributed by atoms with van der Waals surface area (Å²) in [6.45, 7) is 1.69. The monoisotopic (exact) mass is 312 g/mol. The topological polar surface area (TPSA) is 49.9 Å². The summed E-state index contributed by atoms with van der Waals surface area (Å²) >= 11 is 0. The zero-order valence-electron chi connectivity index (χ0n) is 12.7. The van der Waals surface area contributed by atoms with Crippen molar-refractivity contribution in [2.24, 2.45) is 0 Å². The first kappa shape index (κ1) is 16.4. The quantitative estimate of drug-likeness (QED) is 0.717. The molecule has 0 radical (unpaired) electrons. The number of aryl methyl sites for hydroxylation is 1. The first-order valence-corrected chi connectivity index (χ1v) is 8.73. The smallest absolute Gasteiger partial charge is 0.281 e. The SMILES string of the molecule is CN(C)S(=O)(=O)N1CC[C@@H](OCCCc2ccccc2)C1. The maximum absolute atomic E-state index is 12.0. The van der Waals surface area contributed by atoms with Gasteiger partial charge < -0.3 is 4.74 Å². The van der Waals surface area contributed by atoms with Gasteiger partial charge in [0.1, 0.15) is 0 Å². The maximum Gasteiger partial charge on any atom is 0.281 e. The molecule has 0 unspecified atom stereocenters. The van der Waals surface area contributed by atoms with Crippen LogP contribution in [0.25, 0.3) is 0 Å². The Hall–Kier alpha value is -0.950. The van der Waals surface area contributed by atoms with E-state index in [4.69, 9.17) is 4.74 Å². The molecule has 2 rings (SSSR count). The fourth-order valence-electron chi connectivity index (χ4n) is 2.45. The van der Waals surface area contributed by atoms with E-state index < -0.39 is 10.2 Å². The highest BCUT2D eigenvalue weighted by atomic mass is 32.2. The van der Waals surface area contributed by atoms with Crippen molar-refractivity contribution in [3.63, 3.8) is 0 Å². The molecule has 1 aliphatic heterocycles. The fraction of sp³-hybridized carbons (Fsp3) is 0.600. The molecule has 1 saturated heterocycles. The number of hydrogen-bond acceptors (Lipinski definition) is 3. The zero-order chi connectivity index (χ0) is 15.3. The Balaban J connectivity index is 1.69. The summed E-state index contributed by atoms with van der Waals surface area (Å²) in [5, 5.41) is 0. The maximum atomic E-state index is 12.0. The van der Waals surface area contributed by atoms with Gasteiger partial charge in [0, 0.05) is 33.8 Å². The van der Waals surface area contributed by atoms with Gasteiger partial charge in [-0.25, -0.2) is 0 Å². The predicted octanol–water partition coefficient (Wildman–Crippen LogP) is 1.52. The summed E-state index contributed by atoms with van der Waals surface area (Å²) in [5.74, 6) is 0. The second kappa shape index (κ2) is 7.35. The average molecular weight is 312 g/mol. The standard InChI is InChI=1S/C15H24N2O3S/c1-16(2)21(18,19)17-11-10-15(13-17)20-12-6-9-14-7-4-3-5-8-14/h3-5,7-8,15H,6,9-13H2,1-2H3/t15-/m1/s1. The molecule has 0 N–H and O–H groups in total. The van der Waals surface area contributed by atoms with E-state index in [1.54, 1.807) is 14.1 Å². The largest absolute Gasteiger partial charge is 0.377 e. The molecule has 1 atom stereocenters. The number of rotatable bonds is 7. The molecular formula is C15H24N2O3S. The summed E-state index contributed by atoms with van der Waals surface area (Å²) in [7, 11) is -0.179. The zero-order valence-corrected chi connectivity index (χ0v) is 13.6. The summed E-state index contributed by atoms with van der Waals surface area (Å²) in [6, 6.07) is 10.3. The van der Waals surface area contributed by atoms with Gasteiger partial charge >= 0.3 is 0 Å². The van der Waals surface area contributed by atoms with E-state index in [0.717, 1.165) is 19.3 Å². The van der Waals surface area contributed by atoms with E-state index in [-0.39, 0.29) is 6.10 Å². The minimum Gasteiger partial charge on any atom is -0.377 e. The fourth-order valence-corrected chi connectivity index (χ4v) is 3.60. The lowest BCUT2D eigenvalue weighted by Gasteiger charge is -2.20. The van der Waals surface area contributed by atoms with Crippen LogP contribution in [0, 0.1) is 0 Å². The highest BCUT2D eigenvalue weighted by Gasteiger charge is 2.32. The third kappa shape index (κ3) is 4.51. The third-order valence-electron chi connectivity index (χ3n) is 3.70. The lowest BCUT2D eigenvalue weighted by molar-refractivity contribution is 0.0619. The molecule has 118 valence electrons. The number of ether oxygens (including phenoxy) is 1. The second-order valence-electron chi connectivity index (χ2n) is 5.52.